The first-order valence-corrected chi connectivity index (χ1v) is 9.66. The fourth-order valence-electron chi connectivity index (χ4n) is 2.71. The van der Waals surface area contributed by atoms with E-state index in [4.69, 9.17) is 4.74 Å². The first-order valence-electron chi connectivity index (χ1n) is 8.78. The second kappa shape index (κ2) is 8.68. The maximum atomic E-state index is 12.6. The van der Waals surface area contributed by atoms with Gasteiger partial charge in [0.25, 0.3) is 5.91 Å². The summed E-state index contributed by atoms with van der Waals surface area (Å²) in [5.74, 6) is 0.801. The van der Waals surface area contributed by atoms with Crippen molar-refractivity contribution in [2.75, 3.05) is 0 Å². The molecule has 3 rings (SSSR count). The topological polar surface area (TPSA) is 38.3 Å². The highest BCUT2D eigenvalue weighted by atomic mass is 32.1. The number of hydrogen-bond acceptors (Lipinski definition) is 3. The van der Waals surface area contributed by atoms with Crippen molar-refractivity contribution in [1.29, 1.82) is 0 Å². The second-order valence-electron chi connectivity index (χ2n) is 6.27. The Bertz CT molecular complexity index is 840. The van der Waals surface area contributed by atoms with Gasteiger partial charge in [-0.25, -0.2) is 0 Å². The molecule has 0 saturated heterocycles. The smallest absolute Gasteiger partial charge is 0.261 e. The quantitative estimate of drug-likeness (QED) is 0.599. The summed E-state index contributed by atoms with van der Waals surface area (Å²) >= 11 is 1.45. The number of thiophene rings is 1. The van der Waals surface area contributed by atoms with Gasteiger partial charge in [0.1, 0.15) is 12.4 Å². The van der Waals surface area contributed by atoms with Crippen LogP contribution in [-0.2, 0) is 6.61 Å². The molecule has 0 saturated carbocycles. The molecule has 4 heteroatoms. The Morgan fingerprint density at radius 1 is 1.12 bits per heavy atom. The zero-order valence-corrected chi connectivity index (χ0v) is 15.9. The van der Waals surface area contributed by atoms with Gasteiger partial charge in [0, 0.05) is 5.56 Å². The number of ether oxygens (including phenoxy) is 1. The third-order valence-electron chi connectivity index (χ3n) is 4.22. The summed E-state index contributed by atoms with van der Waals surface area (Å²) in [6, 6.07) is 20.0. The number of carbonyl (C=O) groups is 1. The van der Waals surface area contributed by atoms with Crippen molar-refractivity contribution >= 4 is 17.2 Å². The number of carbonyl (C=O) groups excluding carboxylic acids is 1. The summed E-state index contributed by atoms with van der Waals surface area (Å²) in [4.78, 5) is 13.3. The molecule has 3 nitrogen and oxygen atoms in total. The highest BCUT2D eigenvalue weighted by molar-refractivity contribution is 7.12. The van der Waals surface area contributed by atoms with Gasteiger partial charge in [0.05, 0.1) is 10.9 Å². The van der Waals surface area contributed by atoms with Crippen molar-refractivity contribution < 1.29 is 9.53 Å². The Morgan fingerprint density at radius 2 is 1.85 bits per heavy atom. The molecule has 1 N–H and O–H groups in total. The summed E-state index contributed by atoms with van der Waals surface area (Å²) in [5, 5.41) is 5.10. The first-order chi connectivity index (χ1) is 12.7. The largest absolute Gasteiger partial charge is 0.489 e. The van der Waals surface area contributed by atoms with E-state index in [0.29, 0.717) is 11.5 Å². The van der Waals surface area contributed by atoms with Crippen LogP contribution in [0.3, 0.4) is 0 Å². The molecule has 134 valence electrons. The van der Waals surface area contributed by atoms with Crippen LogP contribution >= 0.6 is 11.3 Å². The van der Waals surface area contributed by atoms with E-state index in [1.807, 2.05) is 73.0 Å². The van der Waals surface area contributed by atoms with Gasteiger partial charge in [-0.1, -0.05) is 55.0 Å². The van der Waals surface area contributed by atoms with Crippen LogP contribution < -0.4 is 10.1 Å². The number of nitrogens with one attached hydrogen (secondary N) is 1. The van der Waals surface area contributed by atoms with E-state index in [2.05, 4.69) is 12.2 Å². The maximum Gasteiger partial charge on any atom is 0.261 e. The van der Waals surface area contributed by atoms with Gasteiger partial charge < -0.3 is 10.1 Å². The third kappa shape index (κ3) is 4.73. The fraction of sp³-hybridized carbons (Fsp3) is 0.227. The van der Waals surface area contributed by atoms with Crippen molar-refractivity contribution in [2.45, 2.75) is 32.9 Å². The molecule has 1 heterocycles. The summed E-state index contributed by atoms with van der Waals surface area (Å²) in [7, 11) is 0. The van der Waals surface area contributed by atoms with Crippen LogP contribution in [0.15, 0.2) is 66.0 Å². The zero-order chi connectivity index (χ0) is 18.4. The molecular weight excluding hydrogens is 342 g/mol. The molecule has 2 aromatic carbocycles. The molecule has 26 heavy (non-hydrogen) atoms. The SMILES string of the molecule is CCC(NC(=O)c1cc(COc2ccc(C)cc2)cs1)c1ccccc1. The standard InChI is InChI=1S/C22H23NO2S/c1-3-20(18-7-5-4-6-8-18)23-22(24)21-13-17(15-26-21)14-25-19-11-9-16(2)10-12-19/h4-13,15,20H,3,14H2,1-2H3,(H,23,24). The van der Waals surface area contributed by atoms with E-state index in [9.17, 15) is 4.79 Å². The molecule has 0 bridgehead atoms. The molecular formula is C22H23NO2S. The Hall–Kier alpha value is -2.59. The lowest BCUT2D eigenvalue weighted by Crippen LogP contribution is -2.27. The maximum absolute atomic E-state index is 12.6. The van der Waals surface area contributed by atoms with E-state index in [1.54, 1.807) is 0 Å². The lowest BCUT2D eigenvalue weighted by Gasteiger charge is -2.16. The van der Waals surface area contributed by atoms with Gasteiger partial charge in [0.15, 0.2) is 0 Å². The number of aryl methyl sites for hydroxylation is 1. The highest BCUT2D eigenvalue weighted by Crippen LogP contribution is 2.21. The van der Waals surface area contributed by atoms with Crippen LogP contribution in [-0.4, -0.2) is 5.91 Å². The molecule has 1 unspecified atom stereocenters. The molecule has 0 spiro atoms. The second-order valence-corrected chi connectivity index (χ2v) is 7.18. The molecule has 1 amide bonds. The van der Waals surface area contributed by atoms with Gasteiger partial charge in [-0.15, -0.1) is 11.3 Å². The van der Waals surface area contributed by atoms with Crippen LogP contribution in [0.1, 0.15) is 45.7 Å². The van der Waals surface area contributed by atoms with Crippen LogP contribution in [0.5, 0.6) is 5.75 Å². The summed E-state index contributed by atoms with van der Waals surface area (Å²) < 4.78 is 5.79. The fourth-order valence-corrected chi connectivity index (χ4v) is 3.51. The normalized spacial score (nSPS) is 11.8. The lowest BCUT2D eigenvalue weighted by atomic mass is 10.0. The molecule has 0 radical (unpaired) electrons. The monoisotopic (exact) mass is 365 g/mol. The van der Waals surface area contributed by atoms with Crippen molar-refractivity contribution in [2.24, 2.45) is 0 Å². The first kappa shape index (κ1) is 18.2. The Labute approximate surface area is 158 Å². The average Bonchev–Trinajstić information content (AvgIpc) is 3.15. The third-order valence-corrected chi connectivity index (χ3v) is 5.20. The molecule has 1 aromatic heterocycles. The number of hydrogen-bond donors (Lipinski definition) is 1. The van der Waals surface area contributed by atoms with Crippen molar-refractivity contribution in [1.82, 2.24) is 5.32 Å². The van der Waals surface area contributed by atoms with Crippen molar-refractivity contribution in [3.63, 3.8) is 0 Å². The summed E-state index contributed by atoms with van der Waals surface area (Å²) in [6.45, 7) is 4.59. The van der Waals surface area contributed by atoms with Crippen LogP contribution in [0.2, 0.25) is 0 Å². The van der Waals surface area contributed by atoms with Gasteiger partial charge in [-0.2, -0.15) is 0 Å². The molecule has 0 aliphatic carbocycles. The molecule has 1 atom stereocenters. The number of amides is 1. The van der Waals surface area contributed by atoms with Crippen molar-refractivity contribution in [3.8, 4) is 5.75 Å². The molecule has 3 aromatic rings. The van der Waals surface area contributed by atoms with Crippen LogP contribution in [0.25, 0.3) is 0 Å². The minimum Gasteiger partial charge on any atom is -0.489 e. The number of rotatable bonds is 7. The Kier molecular flexibility index (Phi) is 6.08. The average molecular weight is 365 g/mol. The van der Waals surface area contributed by atoms with Crippen LogP contribution in [0, 0.1) is 6.92 Å². The Morgan fingerprint density at radius 3 is 2.54 bits per heavy atom. The van der Waals surface area contributed by atoms with E-state index >= 15 is 0 Å². The molecule has 0 aliphatic heterocycles. The lowest BCUT2D eigenvalue weighted by molar-refractivity contribution is 0.0939. The van der Waals surface area contributed by atoms with Gasteiger partial charge in [-0.3, -0.25) is 4.79 Å². The molecule has 0 fully saturated rings. The summed E-state index contributed by atoms with van der Waals surface area (Å²) in [6.07, 6.45) is 0.852. The summed E-state index contributed by atoms with van der Waals surface area (Å²) in [5.41, 5.74) is 3.34. The van der Waals surface area contributed by atoms with Crippen LogP contribution in [0.4, 0.5) is 0 Å². The zero-order valence-electron chi connectivity index (χ0n) is 15.1. The van der Waals surface area contributed by atoms with E-state index < -0.39 is 0 Å². The van der Waals surface area contributed by atoms with E-state index in [-0.39, 0.29) is 11.9 Å². The highest BCUT2D eigenvalue weighted by Gasteiger charge is 2.15. The van der Waals surface area contributed by atoms with Gasteiger partial charge in [0.2, 0.25) is 0 Å². The number of benzene rings is 2. The van der Waals surface area contributed by atoms with Gasteiger partial charge in [-0.05, 0) is 42.5 Å². The van der Waals surface area contributed by atoms with Crippen molar-refractivity contribution in [3.05, 3.63) is 87.6 Å². The van der Waals surface area contributed by atoms with E-state index in [1.165, 1.54) is 16.9 Å². The van der Waals surface area contributed by atoms with E-state index in [0.717, 1.165) is 23.3 Å². The minimum atomic E-state index is -0.0349. The Balaban J connectivity index is 1.59. The minimum absolute atomic E-state index is 0.0260. The predicted octanol–water partition coefficient (Wildman–Crippen LogP) is 5.52. The molecule has 0 aliphatic rings. The van der Waals surface area contributed by atoms with Gasteiger partial charge >= 0.3 is 0 Å². The predicted molar refractivity (Wildman–Crippen MR) is 107 cm³/mol.